The van der Waals surface area contributed by atoms with E-state index in [4.69, 9.17) is 15.2 Å². The Labute approximate surface area is 196 Å². The van der Waals surface area contributed by atoms with Crippen LogP contribution in [0.1, 0.15) is 22.9 Å². The van der Waals surface area contributed by atoms with Gasteiger partial charge in [0.05, 0.1) is 18.8 Å². The van der Waals surface area contributed by atoms with Crippen molar-refractivity contribution in [3.8, 4) is 11.5 Å². The molecule has 33 heavy (non-hydrogen) atoms. The molecule has 3 aromatic rings. The molecule has 0 radical (unpaired) electrons. The Morgan fingerprint density at radius 2 is 1.91 bits per heavy atom. The highest BCUT2D eigenvalue weighted by molar-refractivity contribution is 7.17. The fraction of sp³-hybridized carbons (Fsp3) is 0.200. The number of hydrogen-bond donors (Lipinski definition) is 2. The third-order valence-electron chi connectivity index (χ3n) is 5.16. The molecular formula is C25H25N3O4S. The Hall–Kier alpha value is -3.78. The molecule has 0 spiro atoms. The number of thiophene rings is 1. The summed E-state index contributed by atoms with van der Waals surface area (Å²) in [6.07, 6.45) is 3.46. The standard InChI is InChI=1S/C25H25N3O4S/c1-2-31-25(30)28-15-14-19-21(16-28)33-24(23(19)26)27-22(29)13-12-17-8-6-7-11-20(17)32-18-9-4-3-5-10-18/h3-13H,2,14-16,26H2,1H3,(H,27,29)/b13-12+. The van der Waals surface area contributed by atoms with Gasteiger partial charge < -0.3 is 25.4 Å². The molecule has 4 rings (SSSR count). The summed E-state index contributed by atoms with van der Waals surface area (Å²) in [6, 6.07) is 17.0. The van der Waals surface area contributed by atoms with Gasteiger partial charge >= 0.3 is 6.09 Å². The first kappa shape index (κ1) is 22.4. The smallest absolute Gasteiger partial charge is 0.410 e. The van der Waals surface area contributed by atoms with E-state index in [0.29, 0.717) is 42.6 Å². The van der Waals surface area contributed by atoms with Crippen molar-refractivity contribution < 1.29 is 19.1 Å². The zero-order valence-corrected chi connectivity index (χ0v) is 19.1. The van der Waals surface area contributed by atoms with Crippen molar-refractivity contribution in [3.63, 3.8) is 0 Å². The highest BCUT2D eigenvalue weighted by Crippen LogP contribution is 2.39. The van der Waals surface area contributed by atoms with Gasteiger partial charge in [-0.15, -0.1) is 11.3 Å². The lowest BCUT2D eigenvalue weighted by Crippen LogP contribution is -2.35. The van der Waals surface area contributed by atoms with Crippen LogP contribution in [0.25, 0.3) is 6.08 Å². The number of benzene rings is 2. The summed E-state index contributed by atoms with van der Waals surface area (Å²) in [6.45, 7) is 3.09. The van der Waals surface area contributed by atoms with Crippen molar-refractivity contribution in [1.29, 1.82) is 0 Å². The predicted octanol–water partition coefficient (Wildman–Crippen LogP) is 5.29. The Morgan fingerprint density at radius 3 is 2.70 bits per heavy atom. The van der Waals surface area contributed by atoms with E-state index in [2.05, 4.69) is 5.32 Å². The maximum atomic E-state index is 12.6. The molecule has 0 aliphatic carbocycles. The number of anilines is 2. The number of ether oxygens (including phenoxy) is 2. The van der Waals surface area contributed by atoms with Crippen LogP contribution in [0.15, 0.2) is 60.7 Å². The average molecular weight is 464 g/mol. The van der Waals surface area contributed by atoms with E-state index in [0.717, 1.165) is 21.8 Å². The molecule has 3 N–H and O–H groups in total. The molecule has 0 saturated carbocycles. The van der Waals surface area contributed by atoms with Crippen molar-refractivity contribution >= 4 is 40.1 Å². The molecule has 0 atom stereocenters. The van der Waals surface area contributed by atoms with Crippen LogP contribution < -0.4 is 15.8 Å². The molecule has 1 aliphatic heterocycles. The minimum absolute atomic E-state index is 0.294. The molecule has 2 heterocycles. The number of hydrogen-bond acceptors (Lipinski definition) is 6. The molecule has 0 saturated heterocycles. The molecule has 2 amide bonds. The largest absolute Gasteiger partial charge is 0.457 e. The van der Waals surface area contributed by atoms with Crippen LogP contribution in [0, 0.1) is 0 Å². The molecule has 1 aliphatic rings. The molecule has 170 valence electrons. The summed E-state index contributed by atoms with van der Waals surface area (Å²) in [4.78, 5) is 27.2. The van der Waals surface area contributed by atoms with Gasteiger partial charge in [-0.2, -0.15) is 0 Å². The lowest BCUT2D eigenvalue weighted by Gasteiger charge is -2.26. The fourth-order valence-corrected chi connectivity index (χ4v) is 4.72. The predicted molar refractivity (Wildman–Crippen MR) is 130 cm³/mol. The number of nitrogen functional groups attached to an aromatic ring is 1. The van der Waals surface area contributed by atoms with E-state index in [1.165, 1.54) is 17.4 Å². The first-order valence-corrected chi connectivity index (χ1v) is 11.5. The second kappa shape index (κ2) is 10.2. The van der Waals surface area contributed by atoms with Gasteiger partial charge in [0, 0.05) is 23.1 Å². The van der Waals surface area contributed by atoms with Crippen LogP contribution >= 0.6 is 11.3 Å². The topological polar surface area (TPSA) is 93.9 Å². The van der Waals surface area contributed by atoms with Crippen LogP contribution in [0.2, 0.25) is 0 Å². The molecule has 8 heteroatoms. The van der Waals surface area contributed by atoms with Gasteiger partial charge in [0.1, 0.15) is 16.5 Å². The van der Waals surface area contributed by atoms with Gasteiger partial charge in [-0.25, -0.2) is 4.79 Å². The number of nitrogens with zero attached hydrogens (tertiary/aromatic N) is 1. The number of rotatable bonds is 6. The number of nitrogens with one attached hydrogen (secondary N) is 1. The summed E-state index contributed by atoms with van der Waals surface area (Å²) >= 11 is 1.39. The van der Waals surface area contributed by atoms with Crippen molar-refractivity contribution in [2.45, 2.75) is 19.9 Å². The molecule has 2 aromatic carbocycles. The van der Waals surface area contributed by atoms with E-state index in [-0.39, 0.29) is 12.0 Å². The number of nitrogens with two attached hydrogens (primary N) is 1. The van der Waals surface area contributed by atoms with E-state index < -0.39 is 0 Å². The van der Waals surface area contributed by atoms with Crippen LogP contribution in [-0.2, 0) is 22.5 Å². The Morgan fingerprint density at radius 1 is 1.15 bits per heavy atom. The quantitative estimate of drug-likeness (QED) is 0.485. The lowest BCUT2D eigenvalue weighted by atomic mass is 10.1. The van der Waals surface area contributed by atoms with E-state index in [1.54, 1.807) is 17.9 Å². The second-order valence-corrected chi connectivity index (χ2v) is 8.50. The highest BCUT2D eigenvalue weighted by Gasteiger charge is 2.26. The van der Waals surface area contributed by atoms with Gasteiger partial charge in [-0.3, -0.25) is 4.79 Å². The lowest BCUT2D eigenvalue weighted by molar-refractivity contribution is -0.111. The molecule has 1 aromatic heterocycles. The number of carbonyl (C=O) groups is 2. The third-order valence-corrected chi connectivity index (χ3v) is 6.31. The SMILES string of the molecule is CCOC(=O)N1CCc2c(sc(NC(=O)/C=C/c3ccccc3Oc3ccccc3)c2N)C1. The summed E-state index contributed by atoms with van der Waals surface area (Å²) in [5.41, 5.74) is 8.62. The molecule has 0 bridgehead atoms. The van der Waals surface area contributed by atoms with Gasteiger partial charge in [0.25, 0.3) is 0 Å². The van der Waals surface area contributed by atoms with Crippen molar-refractivity contribution in [1.82, 2.24) is 4.90 Å². The Bertz CT molecular complexity index is 1170. The monoisotopic (exact) mass is 463 g/mol. The Kier molecular flexibility index (Phi) is 6.95. The van der Waals surface area contributed by atoms with E-state index in [9.17, 15) is 9.59 Å². The zero-order valence-electron chi connectivity index (χ0n) is 18.2. The zero-order chi connectivity index (χ0) is 23.2. The molecule has 0 unspecified atom stereocenters. The van der Waals surface area contributed by atoms with E-state index >= 15 is 0 Å². The number of fused-ring (bicyclic) bond motifs is 1. The minimum Gasteiger partial charge on any atom is -0.457 e. The first-order chi connectivity index (χ1) is 16.0. The van der Waals surface area contributed by atoms with Crippen LogP contribution in [0.3, 0.4) is 0 Å². The summed E-state index contributed by atoms with van der Waals surface area (Å²) in [7, 11) is 0. The van der Waals surface area contributed by atoms with Crippen molar-refractivity contribution in [2.75, 3.05) is 24.2 Å². The highest BCUT2D eigenvalue weighted by atomic mass is 32.1. The average Bonchev–Trinajstić information content (AvgIpc) is 3.13. The number of para-hydroxylation sites is 2. The number of amides is 2. The molecular weight excluding hydrogens is 438 g/mol. The fourth-order valence-electron chi connectivity index (χ4n) is 3.54. The van der Waals surface area contributed by atoms with Gasteiger partial charge in [0.2, 0.25) is 5.91 Å². The maximum absolute atomic E-state index is 12.6. The van der Waals surface area contributed by atoms with Crippen LogP contribution in [-0.4, -0.2) is 30.1 Å². The Balaban J connectivity index is 1.44. The van der Waals surface area contributed by atoms with Gasteiger partial charge in [-0.1, -0.05) is 36.4 Å². The summed E-state index contributed by atoms with van der Waals surface area (Å²) in [5.74, 6) is 1.08. The number of carbonyl (C=O) groups excluding carboxylic acids is 2. The normalized spacial score (nSPS) is 12.9. The van der Waals surface area contributed by atoms with Crippen LogP contribution in [0.4, 0.5) is 15.5 Å². The van der Waals surface area contributed by atoms with Gasteiger partial charge in [-0.05, 0) is 43.2 Å². The molecule has 7 nitrogen and oxygen atoms in total. The summed E-state index contributed by atoms with van der Waals surface area (Å²) < 4.78 is 11.0. The minimum atomic E-state index is -0.333. The van der Waals surface area contributed by atoms with Gasteiger partial charge in [0.15, 0.2) is 0 Å². The third kappa shape index (κ3) is 5.35. The first-order valence-electron chi connectivity index (χ1n) is 10.7. The second-order valence-electron chi connectivity index (χ2n) is 7.39. The molecule has 0 fully saturated rings. The van der Waals surface area contributed by atoms with Crippen molar-refractivity contribution in [3.05, 3.63) is 76.7 Å². The van der Waals surface area contributed by atoms with E-state index in [1.807, 2.05) is 54.6 Å². The maximum Gasteiger partial charge on any atom is 0.410 e. The summed E-state index contributed by atoms with van der Waals surface area (Å²) in [5, 5.41) is 3.46. The van der Waals surface area contributed by atoms with Crippen molar-refractivity contribution in [2.24, 2.45) is 0 Å². The van der Waals surface area contributed by atoms with Crippen LogP contribution in [0.5, 0.6) is 11.5 Å².